The normalized spacial score (nSPS) is 17.7. The van der Waals surface area contributed by atoms with Crippen LogP contribution in [0, 0.1) is 11.3 Å². The highest BCUT2D eigenvalue weighted by Gasteiger charge is 2.35. The van der Waals surface area contributed by atoms with Crippen molar-refractivity contribution in [1.82, 2.24) is 20.1 Å². The van der Waals surface area contributed by atoms with Gasteiger partial charge < -0.3 is 10.1 Å². The van der Waals surface area contributed by atoms with Crippen LogP contribution < -0.4 is 5.32 Å². The van der Waals surface area contributed by atoms with Crippen LogP contribution in [0.15, 0.2) is 6.33 Å². The second kappa shape index (κ2) is 7.90. The zero-order chi connectivity index (χ0) is 15.1. The van der Waals surface area contributed by atoms with Gasteiger partial charge in [0.1, 0.15) is 12.2 Å². The molecule has 0 amide bonds. The number of hydrogen-bond donors (Lipinski definition) is 1. The van der Waals surface area contributed by atoms with E-state index in [1.54, 1.807) is 13.4 Å². The number of aromatic nitrogens is 3. The predicted octanol–water partition coefficient (Wildman–Crippen LogP) is 2.27. The van der Waals surface area contributed by atoms with Gasteiger partial charge in [-0.3, -0.25) is 0 Å². The summed E-state index contributed by atoms with van der Waals surface area (Å²) in [6.45, 7) is 8.18. The van der Waals surface area contributed by atoms with E-state index in [0.717, 1.165) is 38.5 Å². The molecule has 0 aliphatic heterocycles. The van der Waals surface area contributed by atoms with Gasteiger partial charge in [-0.2, -0.15) is 5.10 Å². The van der Waals surface area contributed by atoms with Crippen molar-refractivity contribution in [2.75, 3.05) is 26.8 Å². The minimum absolute atomic E-state index is 0.357. The Morgan fingerprint density at radius 2 is 2.14 bits per heavy atom. The highest BCUT2D eigenvalue weighted by molar-refractivity contribution is 4.98. The number of methoxy groups -OCH3 is 1. The van der Waals surface area contributed by atoms with Gasteiger partial charge in [0.2, 0.25) is 0 Å². The molecule has 2 rings (SSSR count). The summed E-state index contributed by atoms with van der Waals surface area (Å²) in [5.41, 5.74) is 0.357. The van der Waals surface area contributed by atoms with Crippen LogP contribution in [0.3, 0.4) is 0 Å². The molecule has 0 radical (unpaired) electrons. The average molecular weight is 294 g/mol. The summed E-state index contributed by atoms with van der Waals surface area (Å²) in [6, 6.07) is 0. The molecule has 0 saturated heterocycles. The smallest absolute Gasteiger partial charge is 0.138 e. The van der Waals surface area contributed by atoms with Gasteiger partial charge in [-0.1, -0.05) is 26.7 Å². The molecule has 0 bridgehead atoms. The monoisotopic (exact) mass is 294 g/mol. The number of nitrogens with zero attached hydrogens (tertiary/aromatic N) is 3. The second-order valence-electron chi connectivity index (χ2n) is 6.81. The van der Waals surface area contributed by atoms with E-state index in [1.807, 2.05) is 0 Å². The zero-order valence-corrected chi connectivity index (χ0v) is 13.8. The fraction of sp³-hybridized carbons (Fsp3) is 0.875. The van der Waals surface area contributed by atoms with Crippen LogP contribution >= 0.6 is 0 Å². The van der Waals surface area contributed by atoms with Crippen molar-refractivity contribution < 1.29 is 4.74 Å². The number of hydrogen-bond acceptors (Lipinski definition) is 4. The van der Waals surface area contributed by atoms with Gasteiger partial charge in [0.05, 0.1) is 6.61 Å². The molecular formula is C16H30N4O. The summed E-state index contributed by atoms with van der Waals surface area (Å²) in [5, 5.41) is 7.96. The molecular weight excluding hydrogens is 264 g/mol. The standard InChI is InChI=1S/C16H30N4O/c1-14(2)11-20-15(18-13-19-20)10-16(6-4-5-7-16)12-17-8-9-21-3/h13-14,17H,4-12H2,1-3H3. The minimum Gasteiger partial charge on any atom is -0.383 e. The Balaban J connectivity index is 1.97. The summed E-state index contributed by atoms with van der Waals surface area (Å²) >= 11 is 0. The molecule has 1 saturated carbocycles. The van der Waals surface area contributed by atoms with E-state index in [9.17, 15) is 0 Å². The van der Waals surface area contributed by atoms with Crippen LogP contribution in [-0.4, -0.2) is 41.6 Å². The molecule has 1 aromatic heterocycles. The third-order valence-electron chi connectivity index (χ3n) is 4.41. The topological polar surface area (TPSA) is 52.0 Å². The Bertz CT molecular complexity index is 410. The van der Waals surface area contributed by atoms with Crippen LogP contribution in [-0.2, 0) is 17.7 Å². The van der Waals surface area contributed by atoms with Gasteiger partial charge in [0.25, 0.3) is 0 Å². The van der Waals surface area contributed by atoms with Gasteiger partial charge in [-0.25, -0.2) is 9.67 Å². The zero-order valence-electron chi connectivity index (χ0n) is 13.8. The largest absolute Gasteiger partial charge is 0.383 e. The van der Waals surface area contributed by atoms with Crippen molar-refractivity contribution in [3.05, 3.63) is 12.2 Å². The van der Waals surface area contributed by atoms with Crippen LogP contribution in [0.5, 0.6) is 0 Å². The first kappa shape index (κ1) is 16.4. The third kappa shape index (κ3) is 4.78. The van der Waals surface area contributed by atoms with Crippen molar-refractivity contribution in [2.24, 2.45) is 11.3 Å². The summed E-state index contributed by atoms with van der Waals surface area (Å²) in [7, 11) is 1.75. The van der Waals surface area contributed by atoms with Gasteiger partial charge in [0, 0.05) is 33.2 Å². The molecule has 0 aromatic carbocycles. The summed E-state index contributed by atoms with van der Waals surface area (Å²) in [5.74, 6) is 1.75. The van der Waals surface area contributed by atoms with E-state index in [2.05, 4.69) is 33.9 Å². The number of rotatable bonds is 9. The molecule has 1 aliphatic carbocycles. The molecule has 5 heteroatoms. The first-order valence-electron chi connectivity index (χ1n) is 8.21. The van der Waals surface area contributed by atoms with Crippen molar-refractivity contribution >= 4 is 0 Å². The summed E-state index contributed by atoms with van der Waals surface area (Å²) in [4.78, 5) is 4.52. The Kier molecular flexibility index (Phi) is 6.18. The maximum atomic E-state index is 5.12. The van der Waals surface area contributed by atoms with Crippen molar-refractivity contribution in [3.8, 4) is 0 Å². The molecule has 0 unspecified atom stereocenters. The lowest BCUT2D eigenvalue weighted by Crippen LogP contribution is -2.36. The van der Waals surface area contributed by atoms with Crippen LogP contribution in [0.25, 0.3) is 0 Å². The van der Waals surface area contributed by atoms with Crippen molar-refractivity contribution in [3.63, 3.8) is 0 Å². The lowest BCUT2D eigenvalue weighted by molar-refractivity contribution is 0.188. The van der Waals surface area contributed by atoms with Gasteiger partial charge in [-0.15, -0.1) is 0 Å². The van der Waals surface area contributed by atoms with Crippen molar-refractivity contribution in [1.29, 1.82) is 0 Å². The van der Waals surface area contributed by atoms with Gasteiger partial charge in [0.15, 0.2) is 0 Å². The van der Waals surface area contributed by atoms with Gasteiger partial charge in [-0.05, 0) is 24.2 Å². The molecule has 5 nitrogen and oxygen atoms in total. The van der Waals surface area contributed by atoms with E-state index in [4.69, 9.17) is 4.74 Å². The third-order valence-corrected chi connectivity index (χ3v) is 4.41. The molecule has 1 aliphatic rings. The lowest BCUT2D eigenvalue weighted by Gasteiger charge is -2.29. The molecule has 21 heavy (non-hydrogen) atoms. The Morgan fingerprint density at radius 3 is 2.81 bits per heavy atom. The Hall–Kier alpha value is -0.940. The van der Waals surface area contributed by atoms with Crippen molar-refractivity contribution in [2.45, 2.75) is 52.5 Å². The lowest BCUT2D eigenvalue weighted by atomic mass is 9.82. The first-order valence-corrected chi connectivity index (χ1v) is 8.21. The molecule has 1 aromatic rings. The number of nitrogens with one attached hydrogen (secondary N) is 1. The molecule has 0 atom stereocenters. The molecule has 1 heterocycles. The van der Waals surface area contributed by atoms with Crippen LogP contribution in [0.2, 0.25) is 0 Å². The molecule has 120 valence electrons. The highest BCUT2D eigenvalue weighted by Crippen LogP contribution is 2.40. The molecule has 1 fully saturated rings. The Labute approximate surface area is 128 Å². The first-order chi connectivity index (χ1) is 10.2. The fourth-order valence-corrected chi connectivity index (χ4v) is 3.33. The maximum Gasteiger partial charge on any atom is 0.138 e. The van der Waals surface area contributed by atoms with E-state index >= 15 is 0 Å². The van der Waals surface area contributed by atoms with Crippen LogP contribution in [0.1, 0.15) is 45.4 Å². The number of ether oxygens (including phenoxy) is 1. The fourth-order valence-electron chi connectivity index (χ4n) is 3.33. The molecule has 1 N–H and O–H groups in total. The quantitative estimate of drug-likeness (QED) is 0.710. The summed E-state index contributed by atoms with van der Waals surface area (Å²) in [6.07, 6.45) is 8.01. The maximum absolute atomic E-state index is 5.12. The molecule has 0 spiro atoms. The highest BCUT2D eigenvalue weighted by atomic mass is 16.5. The van der Waals surface area contributed by atoms with E-state index in [1.165, 1.54) is 25.7 Å². The predicted molar refractivity (Wildman–Crippen MR) is 84.2 cm³/mol. The second-order valence-corrected chi connectivity index (χ2v) is 6.81. The average Bonchev–Trinajstić information content (AvgIpc) is 3.06. The van der Waals surface area contributed by atoms with E-state index < -0.39 is 0 Å². The summed E-state index contributed by atoms with van der Waals surface area (Å²) < 4.78 is 7.22. The van der Waals surface area contributed by atoms with E-state index in [0.29, 0.717) is 11.3 Å². The van der Waals surface area contributed by atoms with Gasteiger partial charge >= 0.3 is 0 Å². The minimum atomic E-state index is 0.357. The van der Waals surface area contributed by atoms with E-state index in [-0.39, 0.29) is 0 Å². The Morgan fingerprint density at radius 1 is 1.38 bits per heavy atom. The SMILES string of the molecule is COCCNCC1(Cc2ncnn2CC(C)C)CCCC1. The van der Waals surface area contributed by atoms with Crippen LogP contribution in [0.4, 0.5) is 0 Å².